The minimum absolute atomic E-state index is 0.0648. The van der Waals surface area contributed by atoms with Gasteiger partial charge in [0.15, 0.2) is 5.75 Å². The molecule has 1 aromatic heterocycles. The maximum atomic E-state index is 5.70. The summed E-state index contributed by atoms with van der Waals surface area (Å²) in [5.74, 6) is 7.13. The summed E-state index contributed by atoms with van der Waals surface area (Å²) in [6.07, 6.45) is 5.37. The summed E-state index contributed by atoms with van der Waals surface area (Å²) < 4.78 is 12.7. The largest absolute Gasteiger partial charge is 0.493 e. The lowest BCUT2D eigenvalue weighted by Gasteiger charge is -2.36. The van der Waals surface area contributed by atoms with Crippen LogP contribution in [0.5, 0.6) is 5.75 Å². The Hall–Kier alpha value is -1.11. The second-order valence-electron chi connectivity index (χ2n) is 5.09. The summed E-state index contributed by atoms with van der Waals surface area (Å²) in [6, 6.07) is 0.0648. The van der Waals surface area contributed by atoms with Gasteiger partial charge in [-0.3, -0.25) is 16.0 Å². The van der Waals surface area contributed by atoms with Gasteiger partial charge in [0, 0.05) is 13.7 Å². The molecule has 1 aromatic rings. The van der Waals surface area contributed by atoms with Crippen LogP contribution in [0, 0.1) is 5.92 Å². The third kappa shape index (κ3) is 3.08. The topological polar surface area (TPSA) is 74.3 Å². The molecule has 0 aromatic carbocycles. The van der Waals surface area contributed by atoms with Gasteiger partial charge in [0.2, 0.25) is 0 Å². The summed E-state index contributed by atoms with van der Waals surface area (Å²) in [6.45, 7) is 2.84. The Morgan fingerprint density at radius 1 is 1.58 bits per heavy atom. The zero-order chi connectivity index (χ0) is 13.8. The molecular formula is C13H24N4O2. The Labute approximate surface area is 114 Å². The van der Waals surface area contributed by atoms with Crippen molar-refractivity contribution in [3.63, 3.8) is 0 Å². The van der Waals surface area contributed by atoms with Crippen molar-refractivity contribution in [1.29, 1.82) is 0 Å². The molecule has 0 aliphatic heterocycles. The second-order valence-corrected chi connectivity index (χ2v) is 5.09. The smallest absolute Gasteiger partial charge is 0.161 e. The van der Waals surface area contributed by atoms with Gasteiger partial charge in [0.05, 0.1) is 31.1 Å². The molecule has 6 heteroatoms. The van der Waals surface area contributed by atoms with Crippen LogP contribution in [-0.2, 0) is 11.8 Å². The SMILES string of the molecule is CCOC1CC(CC(NN)c2c(OC)cnn2C)C1. The highest BCUT2D eigenvalue weighted by atomic mass is 16.5. The van der Waals surface area contributed by atoms with Crippen molar-refractivity contribution in [1.82, 2.24) is 15.2 Å². The van der Waals surface area contributed by atoms with Crippen LogP contribution in [-0.4, -0.2) is 29.6 Å². The van der Waals surface area contributed by atoms with E-state index in [1.165, 1.54) is 0 Å². The number of hydrogen-bond acceptors (Lipinski definition) is 5. The van der Waals surface area contributed by atoms with Gasteiger partial charge in [-0.25, -0.2) is 0 Å². The van der Waals surface area contributed by atoms with Gasteiger partial charge in [0.1, 0.15) is 0 Å². The second kappa shape index (κ2) is 6.36. The Morgan fingerprint density at radius 2 is 2.32 bits per heavy atom. The van der Waals surface area contributed by atoms with E-state index in [1.54, 1.807) is 13.3 Å². The average molecular weight is 268 g/mol. The number of ether oxygens (including phenoxy) is 2. The quantitative estimate of drug-likeness (QED) is 0.573. The highest BCUT2D eigenvalue weighted by molar-refractivity contribution is 5.28. The first-order valence-electron chi connectivity index (χ1n) is 6.83. The Bertz CT molecular complexity index is 401. The van der Waals surface area contributed by atoms with Gasteiger partial charge in [0.25, 0.3) is 0 Å². The van der Waals surface area contributed by atoms with Crippen molar-refractivity contribution in [3.05, 3.63) is 11.9 Å². The van der Waals surface area contributed by atoms with E-state index >= 15 is 0 Å². The van der Waals surface area contributed by atoms with Crippen molar-refractivity contribution in [2.45, 2.75) is 38.3 Å². The first-order valence-corrected chi connectivity index (χ1v) is 6.83. The number of nitrogens with one attached hydrogen (secondary N) is 1. The molecule has 1 heterocycles. The predicted octanol–water partition coefficient (Wildman–Crippen LogP) is 1.14. The fraction of sp³-hybridized carbons (Fsp3) is 0.769. The van der Waals surface area contributed by atoms with Crippen LogP contribution in [0.15, 0.2) is 6.20 Å². The third-order valence-electron chi connectivity index (χ3n) is 3.86. The van der Waals surface area contributed by atoms with Gasteiger partial charge in [-0.1, -0.05) is 0 Å². The lowest BCUT2D eigenvalue weighted by atomic mass is 9.78. The number of hydrogen-bond donors (Lipinski definition) is 2. The molecule has 1 aliphatic carbocycles. The Morgan fingerprint density at radius 3 is 2.89 bits per heavy atom. The fourth-order valence-corrected chi connectivity index (χ4v) is 2.81. The molecule has 1 aliphatic rings. The minimum atomic E-state index is 0.0648. The van der Waals surface area contributed by atoms with E-state index < -0.39 is 0 Å². The molecule has 1 atom stereocenters. The molecule has 0 spiro atoms. The van der Waals surface area contributed by atoms with Gasteiger partial charge in [-0.15, -0.1) is 0 Å². The molecule has 2 rings (SSSR count). The number of methoxy groups -OCH3 is 1. The predicted molar refractivity (Wildman–Crippen MR) is 72.6 cm³/mol. The first-order chi connectivity index (χ1) is 9.19. The van der Waals surface area contributed by atoms with Crippen LogP contribution in [0.1, 0.15) is 37.9 Å². The Balaban J connectivity index is 1.95. The highest BCUT2D eigenvalue weighted by Gasteiger charge is 2.33. The summed E-state index contributed by atoms with van der Waals surface area (Å²) in [5, 5.41) is 4.22. The zero-order valence-electron chi connectivity index (χ0n) is 11.9. The Kier molecular flexibility index (Phi) is 4.79. The van der Waals surface area contributed by atoms with Gasteiger partial charge < -0.3 is 9.47 Å². The summed E-state index contributed by atoms with van der Waals surface area (Å²) in [4.78, 5) is 0. The van der Waals surface area contributed by atoms with Crippen LogP contribution in [0.4, 0.5) is 0 Å². The number of rotatable bonds is 7. The monoisotopic (exact) mass is 268 g/mol. The third-order valence-corrected chi connectivity index (χ3v) is 3.86. The van der Waals surface area contributed by atoms with Crippen molar-refractivity contribution in [3.8, 4) is 5.75 Å². The molecule has 0 radical (unpaired) electrons. The van der Waals surface area contributed by atoms with Crippen LogP contribution in [0.2, 0.25) is 0 Å². The molecule has 0 amide bonds. The first kappa shape index (κ1) is 14.3. The van der Waals surface area contributed by atoms with E-state index in [0.717, 1.165) is 37.3 Å². The van der Waals surface area contributed by atoms with E-state index in [1.807, 2.05) is 18.7 Å². The number of aromatic nitrogens is 2. The zero-order valence-corrected chi connectivity index (χ0v) is 11.9. The van der Waals surface area contributed by atoms with Gasteiger partial charge in [-0.2, -0.15) is 5.10 Å². The average Bonchev–Trinajstić information content (AvgIpc) is 2.73. The summed E-state index contributed by atoms with van der Waals surface area (Å²) in [7, 11) is 3.56. The maximum absolute atomic E-state index is 5.70. The van der Waals surface area contributed by atoms with Crippen molar-refractivity contribution in [2.75, 3.05) is 13.7 Å². The minimum Gasteiger partial charge on any atom is -0.493 e. The maximum Gasteiger partial charge on any atom is 0.161 e. The van der Waals surface area contributed by atoms with E-state index in [-0.39, 0.29) is 6.04 Å². The summed E-state index contributed by atoms with van der Waals surface area (Å²) >= 11 is 0. The van der Waals surface area contributed by atoms with Crippen LogP contribution < -0.4 is 16.0 Å². The van der Waals surface area contributed by atoms with E-state index in [2.05, 4.69) is 10.5 Å². The molecule has 3 N–H and O–H groups in total. The number of hydrazine groups is 1. The molecule has 108 valence electrons. The van der Waals surface area contributed by atoms with Crippen LogP contribution in [0.25, 0.3) is 0 Å². The lowest BCUT2D eigenvalue weighted by Crippen LogP contribution is -2.37. The van der Waals surface area contributed by atoms with E-state index in [9.17, 15) is 0 Å². The molecule has 19 heavy (non-hydrogen) atoms. The lowest BCUT2D eigenvalue weighted by molar-refractivity contribution is -0.0294. The van der Waals surface area contributed by atoms with Crippen molar-refractivity contribution >= 4 is 0 Å². The standard InChI is InChI=1S/C13H24N4O2/c1-4-19-10-5-9(6-10)7-11(16-14)13-12(18-3)8-15-17(13)2/h8-11,16H,4-7,14H2,1-3H3. The fourth-order valence-electron chi connectivity index (χ4n) is 2.81. The molecule has 0 saturated heterocycles. The van der Waals surface area contributed by atoms with Crippen LogP contribution in [0.3, 0.4) is 0 Å². The van der Waals surface area contributed by atoms with Gasteiger partial charge in [-0.05, 0) is 32.1 Å². The van der Waals surface area contributed by atoms with E-state index in [4.69, 9.17) is 15.3 Å². The summed E-state index contributed by atoms with van der Waals surface area (Å²) in [5.41, 5.74) is 3.89. The highest BCUT2D eigenvalue weighted by Crippen LogP contribution is 2.38. The molecular weight excluding hydrogens is 244 g/mol. The number of aryl methyl sites for hydroxylation is 1. The molecule has 1 fully saturated rings. The van der Waals surface area contributed by atoms with Crippen molar-refractivity contribution < 1.29 is 9.47 Å². The van der Waals surface area contributed by atoms with Crippen molar-refractivity contribution in [2.24, 2.45) is 18.8 Å². The number of nitrogens with zero attached hydrogens (tertiary/aromatic N) is 2. The van der Waals surface area contributed by atoms with E-state index in [0.29, 0.717) is 12.0 Å². The van der Waals surface area contributed by atoms with Crippen LogP contribution >= 0.6 is 0 Å². The molecule has 1 saturated carbocycles. The molecule has 1 unspecified atom stereocenters. The van der Waals surface area contributed by atoms with Gasteiger partial charge >= 0.3 is 0 Å². The molecule has 6 nitrogen and oxygen atoms in total. The molecule has 0 bridgehead atoms. The normalized spacial score (nSPS) is 24.0. The number of nitrogens with two attached hydrogens (primary N) is 1.